The third-order valence-corrected chi connectivity index (χ3v) is 2.22. The molecule has 0 aliphatic carbocycles. The van der Waals surface area contributed by atoms with Gasteiger partial charge in [-0.15, -0.1) is 0 Å². The summed E-state index contributed by atoms with van der Waals surface area (Å²) in [5.74, 6) is -0.641. The molecule has 0 radical (unpaired) electrons. The van der Waals surface area contributed by atoms with Gasteiger partial charge < -0.3 is 9.47 Å². The van der Waals surface area contributed by atoms with Crippen LogP contribution in [-0.2, 0) is 19.1 Å². The molecule has 0 N–H and O–H groups in total. The zero-order valence-corrected chi connectivity index (χ0v) is 11.6. The van der Waals surface area contributed by atoms with E-state index >= 15 is 0 Å². The van der Waals surface area contributed by atoms with Gasteiger partial charge in [0.2, 0.25) is 0 Å². The number of ether oxygens (including phenoxy) is 2. The lowest BCUT2D eigenvalue weighted by molar-refractivity contribution is -0.143. The molecule has 0 unspecified atom stereocenters. The van der Waals surface area contributed by atoms with Crippen LogP contribution in [0.3, 0.4) is 0 Å². The Morgan fingerprint density at radius 1 is 1.33 bits per heavy atom. The Bertz CT molecular complexity index is 340. The molecule has 0 aromatic rings. The third kappa shape index (κ3) is 6.23. The van der Waals surface area contributed by atoms with E-state index in [2.05, 4.69) is 6.58 Å². The van der Waals surface area contributed by atoms with E-state index in [9.17, 15) is 9.59 Å². The summed E-state index contributed by atoms with van der Waals surface area (Å²) in [5, 5.41) is 0. The van der Waals surface area contributed by atoms with Crippen LogP contribution in [0.5, 0.6) is 0 Å². The molecular weight excluding hydrogens is 232 g/mol. The van der Waals surface area contributed by atoms with Crippen LogP contribution in [0, 0.1) is 0 Å². The van der Waals surface area contributed by atoms with Crippen LogP contribution in [0.4, 0.5) is 0 Å². The summed E-state index contributed by atoms with van der Waals surface area (Å²) in [6.07, 6.45) is 3.20. The van der Waals surface area contributed by atoms with Crippen LogP contribution in [-0.4, -0.2) is 18.0 Å². The van der Waals surface area contributed by atoms with E-state index < -0.39 is 11.9 Å². The second-order valence-corrected chi connectivity index (χ2v) is 4.23. The molecule has 4 heteroatoms. The van der Waals surface area contributed by atoms with Crippen molar-refractivity contribution in [2.75, 3.05) is 0 Å². The van der Waals surface area contributed by atoms with Crippen LogP contribution in [0.2, 0.25) is 0 Å². The summed E-state index contributed by atoms with van der Waals surface area (Å²) in [5.41, 5.74) is 0.340. The first-order valence-corrected chi connectivity index (χ1v) is 6.17. The Hall–Kier alpha value is -1.58. The van der Waals surface area contributed by atoms with Crippen molar-refractivity contribution in [2.45, 2.75) is 53.1 Å². The maximum Gasteiger partial charge on any atom is 0.337 e. The highest BCUT2D eigenvalue weighted by molar-refractivity contribution is 5.89. The van der Waals surface area contributed by atoms with Gasteiger partial charge in [0.05, 0.1) is 11.7 Å². The molecule has 0 aromatic heterocycles. The predicted octanol–water partition coefficient (Wildman–Crippen LogP) is 3.13. The first kappa shape index (κ1) is 16.4. The monoisotopic (exact) mass is 254 g/mol. The first-order chi connectivity index (χ1) is 8.42. The van der Waals surface area contributed by atoms with Crippen molar-refractivity contribution >= 4 is 11.9 Å². The molecule has 0 aliphatic heterocycles. The molecule has 0 heterocycles. The lowest BCUT2D eigenvalue weighted by Crippen LogP contribution is -2.15. The van der Waals surface area contributed by atoms with Gasteiger partial charge in [-0.2, -0.15) is 0 Å². The fraction of sp³-hybridized carbons (Fsp3) is 0.571. The van der Waals surface area contributed by atoms with Gasteiger partial charge in [0, 0.05) is 12.5 Å². The van der Waals surface area contributed by atoms with E-state index in [1.54, 1.807) is 20.8 Å². The molecule has 0 aromatic carbocycles. The summed E-state index contributed by atoms with van der Waals surface area (Å²) < 4.78 is 10.2. The van der Waals surface area contributed by atoms with Crippen molar-refractivity contribution in [2.24, 2.45) is 0 Å². The van der Waals surface area contributed by atoms with Crippen LogP contribution >= 0.6 is 0 Å². The van der Waals surface area contributed by atoms with Gasteiger partial charge in [-0.25, -0.2) is 9.59 Å². The third-order valence-electron chi connectivity index (χ3n) is 2.22. The Kier molecular flexibility index (Phi) is 7.76. The SMILES string of the molecule is C=CC(=O)OC(CCCC)=C(C)C(=O)OC(C)C. The standard InChI is InChI=1S/C14H22O4/c1-6-8-9-12(18-13(15)7-2)11(5)14(16)17-10(3)4/h7,10H,2,6,8-9H2,1,3-5H3. The van der Waals surface area contributed by atoms with Crippen molar-refractivity contribution in [3.8, 4) is 0 Å². The Morgan fingerprint density at radius 2 is 1.94 bits per heavy atom. The normalized spacial score (nSPS) is 11.8. The van der Waals surface area contributed by atoms with E-state index in [1.165, 1.54) is 0 Å². The summed E-state index contributed by atoms with van der Waals surface area (Å²) in [4.78, 5) is 22.9. The maximum atomic E-state index is 11.7. The van der Waals surface area contributed by atoms with Crippen molar-refractivity contribution < 1.29 is 19.1 Å². The fourth-order valence-electron chi connectivity index (χ4n) is 1.23. The highest BCUT2D eigenvalue weighted by Crippen LogP contribution is 2.16. The summed E-state index contributed by atoms with van der Waals surface area (Å²) in [6, 6.07) is 0. The van der Waals surface area contributed by atoms with Gasteiger partial charge in [-0.3, -0.25) is 0 Å². The first-order valence-electron chi connectivity index (χ1n) is 6.17. The zero-order chi connectivity index (χ0) is 14.1. The van der Waals surface area contributed by atoms with Gasteiger partial charge in [0.1, 0.15) is 5.76 Å². The topological polar surface area (TPSA) is 52.6 Å². The van der Waals surface area contributed by atoms with Gasteiger partial charge in [0.15, 0.2) is 0 Å². The van der Waals surface area contributed by atoms with E-state index in [1.807, 2.05) is 6.92 Å². The van der Waals surface area contributed by atoms with E-state index in [4.69, 9.17) is 9.47 Å². The molecule has 0 saturated heterocycles. The van der Waals surface area contributed by atoms with Gasteiger partial charge in [-0.1, -0.05) is 19.9 Å². The van der Waals surface area contributed by atoms with Crippen LogP contribution in [0.1, 0.15) is 47.0 Å². The minimum Gasteiger partial charge on any atom is -0.460 e. The summed E-state index contributed by atoms with van der Waals surface area (Å²) >= 11 is 0. The van der Waals surface area contributed by atoms with Crippen molar-refractivity contribution in [3.05, 3.63) is 24.0 Å². The van der Waals surface area contributed by atoms with Gasteiger partial charge >= 0.3 is 11.9 Å². The number of unbranched alkanes of at least 4 members (excludes halogenated alkanes) is 1. The number of rotatable bonds is 7. The highest BCUT2D eigenvalue weighted by atomic mass is 16.6. The molecular formula is C14H22O4. The average Bonchev–Trinajstić information content (AvgIpc) is 2.32. The molecule has 0 aliphatic rings. The number of esters is 2. The van der Waals surface area contributed by atoms with Crippen LogP contribution in [0.15, 0.2) is 24.0 Å². The number of hydrogen-bond acceptors (Lipinski definition) is 4. The smallest absolute Gasteiger partial charge is 0.337 e. The maximum absolute atomic E-state index is 11.7. The van der Waals surface area contributed by atoms with Crippen molar-refractivity contribution in [1.82, 2.24) is 0 Å². The number of hydrogen-bond donors (Lipinski definition) is 0. The Balaban J connectivity index is 4.92. The fourth-order valence-corrected chi connectivity index (χ4v) is 1.23. The molecule has 0 fully saturated rings. The van der Waals surface area contributed by atoms with Gasteiger partial charge in [0.25, 0.3) is 0 Å². The second kappa shape index (κ2) is 8.50. The largest absolute Gasteiger partial charge is 0.460 e. The molecule has 4 nitrogen and oxygen atoms in total. The Labute approximate surface area is 109 Å². The lowest BCUT2D eigenvalue weighted by Gasteiger charge is -2.13. The lowest BCUT2D eigenvalue weighted by atomic mass is 10.1. The van der Waals surface area contributed by atoms with Crippen molar-refractivity contribution in [1.29, 1.82) is 0 Å². The number of allylic oxidation sites excluding steroid dienone is 1. The predicted molar refractivity (Wildman–Crippen MR) is 69.7 cm³/mol. The zero-order valence-electron chi connectivity index (χ0n) is 11.6. The molecule has 0 saturated carbocycles. The van der Waals surface area contributed by atoms with E-state index in [0.717, 1.165) is 18.9 Å². The average molecular weight is 254 g/mol. The van der Waals surface area contributed by atoms with Crippen molar-refractivity contribution in [3.63, 3.8) is 0 Å². The molecule has 0 amide bonds. The molecule has 18 heavy (non-hydrogen) atoms. The highest BCUT2D eigenvalue weighted by Gasteiger charge is 2.16. The summed E-state index contributed by atoms with van der Waals surface area (Å²) in [6.45, 7) is 10.5. The Morgan fingerprint density at radius 3 is 2.39 bits per heavy atom. The molecule has 0 bridgehead atoms. The molecule has 102 valence electrons. The van der Waals surface area contributed by atoms with E-state index in [-0.39, 0.29) is 6.10 Å². The van der Waals surface area contributed by atoms with Crippen LogP contribution in [0.25, 0.3) is 0 Å². The molecule has 0 spiro atoms. The van der Waals surface area contributed by atoms with E-state index in [0.29, 0.717) is 17.8 Å². The molecule has 0 rings (SSSR count). The minimum absolute atomic E-state index is 0.199. The minimum atomic E-state index is -0.558. The number of carbonyl (C=O) groups excluding carboxylic acids is 2. The number of carbonyl (C=O) groups is 2. The molecule has 0 atom stereocenters. The van der Waals surface area contributed by atoms with Crippen LogP contribution < -0.4 is 0 Å². The van der Waals surface area contributed by atoms with Gasteiger partial charge in [-0.05, 0) is 27.2 Å². The second-order valence-electron chi connectivity index (χ2n) is 4.23. The summed E-state index contributed by atoms with van der Waals surface area (Å²) in [7, 11) is 0. The quantitative estimate of drug-likeness (QED) is 0.398.